The summed E-state index contributed by atoms with van der Waals surface area (Å²) in [6, 6.07) is 17.2. The molecule has 2 fully saturated rings. The largest absolute Gasteiger partial charge is 0.427 e. The van der Waals surface area contributed by atoms with Crippen molar-refractivity contribution in [2.45, 2.75) is 0 Å². The van der Waals surface area contributed by atoms with Gasteiger partial charge in [-0.2, -0.15) is 0 Å². The van der Waals surface area contributed by atoms with Crippen LogP contribution in [0, 0.1) is 0 Å². The predicted octanol–water partition coefficient (Wildman–Crippen LogP) is 0.740. The van der Waals surface area contributed by atoms with Gasteiger partial charge in [0.05, 0.1) is 26.2 Å². The lowest BCUT2D eigenvalue weighted by Gasteiger charge is -2.35. The highest BCUT2D eigenvalue weighted by atomic mass is 16.6. The van der Waals surface area contributed by atoms with Gasteiger partial charge in [0.15, 0.2) is 13.5 Å². The van der Waals surface area contributed by atoms with Crippen molar-refractivity contribution in [3.8, 4) is 0 Å². The molecule has 210 valence electrons. The molecule has 14 heteroatoms. The van der Waals surface area contributed by atoms with Crippen LogP contribution in [0.2, 0.25) is 0 Å². The zero-order valence-corrected chi connectivity index (χ0v) is 21.5. The lowest BCUT2D eigenvalue weighted by molar-refractivity contribution is -0.158. The highest BCUT2D eigenvalue weighted by Crippen LogP contribution is 2.11. The van der Waals surface area contributed by atoms with Crippen molar-refractivity contribution in [1.29, 1.82) is 0 Å². The van der Waals surface area contributed by atoms with Gasteiger partial charge in [-0.3, -0.25) is 39.6 Å². The molecule has 2 N–H and O–H groups in total. The van der Waals surface area contributed by atoms with Gasteiger partial charge in [-0.1, -0.05) is 36.4 Å². The molecule has 0 spiro atoms. The Kier molecular flexibility index (Phi) is 9.38. The second-order valence-corrected chi connectivity index (χ2v) is 8.96. The molecule has 40 heavy (non-hydrogen) atoms. The summed E-state index contributed by atoms with van der Waals surface area (Å²) in [4.78, 5) is 78.8. The second-order valence-electron chi connectivity index (χ2n) is 8.96. The molecule has 0 bridgehead atoms. The zero-order chi connectivity index (χ0) is 28.5. The minimum absolute atomic E-state index is 0.0956. The van der Waals surface area contributed by atoms with E-state index in [1.54, 1.807) is 70.5 Å². The maximum atomic E-state index is 12.5. The maximum Gasteiger partial charge on any atom is 0.413 e. The van der Waals surface area contributed by atoms with E-state index in [0.717, 1.165) is 9.80 Å². The van der Waals surface area contributed by atoms with E-state index in [-0.39, 0.29) is 39.3 Å². The number of piperazine rings is 2. The van der Waals surface area contributed by atoms with Crippen molar-refractivity contribution >= 4 is 47.2 Å². The number of nitrogens with one attached hydrogen (secondary N) is 2. The van der Waals surface area contributed by atoms with Crippen LogP contribution >= 0.6 is 0 Å². The first-order chi connectivity index (χ1) is 19.3. The van der Waals surface area contributed by atoms with Crippen LogP contribution in [0.25, 0.3) is 0 Å². The lowest BCUT2D eigenvalue weighted by atomic mass is 10.2. The summed E-state index contributed by atoms with van der Waals surface area (Å²) in [5.74, 6) is -2.14. The number of hydrogen-bond acceptors (Lipinski definition) is 10. The fraction of sp³-hybridized carbons (Fsp3) is 0.308. The molecular weight excluding hydrogens is 524 g/mol. The van der Waals surface area contributed by atoms with E-state index in [0.29, 0.717) is 11.4 Å². The number of ether oxygens (including phenoxy) is 2. The van der Waals surface area contributed by atoms with Crippen LogP contribution in [0.3, 0.4) is 0 Å². The molecule has 2 aromatic rings. The molecule has 0 unspecified atom stereocenters. The van der Waals surface area contributed by atoms with E-state index >= 15 is 0 Å². The van der Waals surface area contributed by atoms with Crippen molar-refractivity contribution in [1.82, 2.24) is 19.6 Å². The van der Waals surface area contributed by atoms with Gasteiger partial charge < -0.3 is 9.47 Å². The van der Waals surface area contributed by atoms with E-state index in [1.807, 2.05) is 0 Å². The number of anilines is 2. The maximum absolute atomic E-state index is 12.5. The Morgan fingerprint density at radius 2 is 0.900 bits per heavy atom. The summed E-state index contributed by atoms with van der Waals surface area (Å²) in [6.45, 7) is -0.915. The highest BCUT2D eigenvalue weighted by Gasteiger charge is 2.34. The topological polar surface area (TPSA) is 158 Å². The van der Waals surface area contributed by atoms with Gasteiger partial charge in [0.25, 0.3) is 0 Å². The van der Waals surface area contributed by atoms with Crippen LogP contribution in [0.4, 0.5) is 21.0 Å². The number of nitrogens with zero attached hydrogens (tertiary/aromatic N) is 4. The quantitative estimate of drug-likeness (QED) is 0.425. The molecule has 2 aliphatic heterocycles. The van der Waals surface area contributed by atoms with Gasteiger partial charge in [-0.25, -0.2) is 19.4 Å². The standard InChI is InChI=1S/C26H28N6O8/c33-21-13-29(14-22(34)31(21)17-39-25(37)27-19-7-3-1-4-8-19)11-12-30-15-23(35)32(24(36)16-30)18-40-26(38)28-20-9-5-2-6-10-20/h1-10H,11-18H2,(H,27,37)(H,28,38). The summed E-state index contributed by atoms with van der Waals surface area (Å²) in [7, 11) is 0. The number of rotatable bonds is 9. The molecule has 0 aliphatic carbocycles. The number of para-hydroxylation sites is 2. The second kappa shape index (κ2) is 13.3. The molecule has 6 amide bonds. The predicted molar refractivity (Wildman–Crippen MR) is 139 cm³/mol. The Labute approximate surface area is 229 Å². The van der Waals surface area contributed by atoms with Crippen LogP contribution in [-0.4, -0.2) is 108 Å². The van der Waals surface area contributed by atoms with Crippen LogP contribution in [0.5, 0.6) is 0 Å². The van der Waals surface area contributed by atoms with Gasteiger partial charge >= 0.3 is 12.2 Å². The first kappa shape index (κ1) is 28.2. The van der Waals surface area contributed by atoms with E-state index in [1.165, 1.54) is 0 Å². The molecule has 0 radical (unpaired) electrons. The van der Waals surface area contributed by atoms with Crippen LogP contribution < -0.4 is 10.6 Å². The smallest absolute Gasteiger partial charge is 0.413 e. The van der Waals surface area contributed by atoms with Crippen LogP contribution in [0.1, 0.15) is 0 Å². The van der Waals surface area contributed by atoms with Crippen molar-refractivity contribution in [3.63, 3.8) is 0 Å². The molecule has 0 atom stereocenters. The number of carbonyl (C=O) groups is 6. The van der Waals surface area contributed by atoms with Crippen molar-refractivity contribution < 1.29 is 38.2 Å². The summed E-state index contributed by atoms with van der Waals surface area (Å²) in [5, 5.41) is 4.99. The van der Waals surface area contributed by atoms with Gasteiger partial charge in [0, 0.05) is 24.5 Å². The van der Waals surface area contributed by atoms with Crippen LogP contribution in [0.15, 0.2) is 60.7 Å². The minimum Gasteiger partial charge on any atom is -0.427 e. The lowest BCUT2D eigenvalue weighted by Crippen LogP contribution is -2.58. The normalized spacial score (nSPS) is 16.6. The number of hydrogen-bond donors (Lipinski definition) is 2. The Hall–Kier alpha value is -4.82. The molecule has 2 aliphatic rings. The average molecular weight is 553 g/mol. The minimum atomic E-state index is -0.801. The summed E-state index contributed by atoms with van der Waals surface area (Å²) < 4.78 is 10.0. The fourth-order valence-electron chi connectivity index (χ4n) is 3.98. The monoisotopic (exact) mass is 552 g/mol. The molecule has 0 aromatic heterocycles. The van der Waals surface area contributed by atoms with Gasteiger partial charge in [-0.05, 0) is 24.3 Å². The Bertz CT molecular complexity index is 1120. The third kappa shape index (κ3) is 7.85. The first-order valence-corrected chi connectivity index (χ1v) is 12.4. The Morgan fingerprint density at radius 1 is 0.575 bits per heavy atom. The van der Waals surface area contributed by atoms with Gasteiger partial charge in [0.1, 0.15) is 0 Å². The van der Waals surface area contributed by atoms with Gasteiger partial charge in [-0.15, -0.1) is 0 Å². The number of amides is 6. The summed E-state index contributed by atoms with van der Waals surface area (Å²) in [5.41, 5.74) is 1.02. The molecule has 4 rings (SSSR count). The van der Waals surface area contributed by atoms with Crippen molar-refractivity contribution in [2.24, 2.45) is 0 Å². The fourth-order valence-corrected chi connectivity index (χ4v) is 3.98. The molecule has 14 nitrogen and oxygen atoms in total. The molecule has 2 heterocycles. The third-order valence-electron chi connectivity index (χ3n) is 6.06. The van der Waals surface area contributed by atoms with Crippen molar-refractivity contribution in [2.75, 3.05) is 63.4 Å². The SMILES string of the molecule is O=C(Nc1ccccc1)OCN1C(=O)CN(CCN2CC(=O)N(COC(=O)Nc3ccccc3)C(=O)C2)CC1=O. The van der Waals surface area contributed by atoms with E-state index in [4.69, 9.17) is 9.47 Å². The molecule has 2 aromatic carbocycles. The third-order valence-corrected chi connectivity index (χ3v) is 6.06. The molecular formula is C26H28N6O8. The van der Waals surface area contributed by atoms with E-state index < -0.39 is 49.3 Å². The van der Waals surface area contributed by atoms with Gasteiger partial charge in [0.2, 0.25) is 23.6 Å². The van der Waals surface area contributed by atoms with Crippen molar-refractivity contribution in [3.05, 3.63) is 60.7 Å². The molecule has 2 saturated heterocycles. The summed E-state index contributed by atoms with van der Waals surface area (Å²) in [6.07, 6.45) is -1.60. The summed E-state index contributed by atoms with van der Waals surface area (Å²) >= 11 is 0. The number of carbonyl (C=O) groups excluding carboxylic acids is 6. The average Bonchev–Trinajstić information content (AvgIpc) is 2.92. The van der Waals surface area contributed by atoms with E-state index in [9.17, 15) is 28.8 Å². The highest BCUT2D eigenvalue weighted by molar-refractivity contribution is 6.00. The Morgan fingerprint density at radius 3 is 1.23 bits per heavy atom. The molecule has 0 saturated carbocycles. The zero-order valence-electron chi connectivity index (χ0n) is 21.5. The number of imide groups is 2. The Balaban J connectivity index is 1.16. The first-order valence-electron chi connectivity index (χ1n) is 12.4. The van der Waals surface area contributed by atoms with Crippen LogP contribution in [-0.2, 0) is 28.7 Å². The number of benzene rings is 2. The van der Waals surface area contributed by atoms with E-state index in [2.05, 4.69) is 10.6 Å².